The van der Waals surface area contributed by atoms with Crippen LogP contribution in [0.15, 0.2) is 18.2 Å². The van der Waals surface area contributed by atoms with E-state index in [2.05, 4.69) is 69.5 Å². The SMILES string of the molecule is CC1(C)CN(C2CC(N3CCCCC3)C2)c2cc(B3OC(C)(C)C(C)(C)O3)ccc21. The smallest absolute Gasteiger partial charge is 0.399 e. The highest BCUT2D eigenvalue weighted by Gasteiger charge is 2.52. The van der Waals surface area contributed by atoms with E-state index >= 15 is 0 Å². The highest BCUT2D eigenvalue weighted by Crippen LogP contribution is 2.45. The van der Waals surface area contributed by atoms with Gasteiger partial charge in [0.2, 0.25) is 0 Å². The molecule has 4 aliphatic rings. The largest absolute Gasteiger partial charge is 0.494 e. The molecule has 4 nitrogen and oxygen atoms in total. The quantitative estimate of drug-likeness (QED) is 0.701. The van der Waals surface area contributed by atoms with Crippen LogP contribution in [0.3, 0.4) is 0 Å². The van der Waals surface area contributed by atoms with Gasteiger partial charge in [-0.05, 0) is 83.6 Å². The summed E-state index contributed by atoms with van der Waals surface area (Å²) >= 11 is 0. The Morgan fingerprint density at radius 1 is 0.867 bits per heavy atom. The predicted molar refractivity (Wildman–Crippen MR) is 125 cm³/mol. The van der Waals surface area contributed by atoms with Crippen LogP contribution >= 0.6 is 0 Å². The van der Waals surface area contributed by atoms with Gasteiger partial charge in [-0.2, -0.15) is 0 Å². The Labute approximate surface area is 183 Å². The number of likely N-dealkylation sites (tertiary alicyclic amines) is 1. The van der Waals surface area contributed by atoms with Gasteiger partial charge in [-0.1, -0.05) is 32.4 Å². The fourth-order valence-electron chi connectivity index (χ4n) is 5.80. The van der Waals surface area contributed by atoms with Crippen LogP contribution in [-0.4, -0.2) is 54.9 Å². The van der Waals surface area contributed by atoms with Crippen LogP contribution in [0.1, 0.15) is 79.2 Å². The van der Waals surface area contributed by atoms with Gasteiger partial charge in [-0.15, -0.1) is 0 Å². The molecule has 0 unspecified atom stereocenters. The summed E-state index contributed by atoms with van der Waals surface area (Å²) in [4.78, 5) is 5.45. The molecule has 0 spiro atoms. The lowest BCUT2D eigenvalue weighted by Gasteiger charge is -2.48. The summed E-state index contributed by atoms with van der Waals surface area (Å²) in [5, 5.41) is 0. The predicted octanol–water partition coefficient (Wildman–Crippen LogP) is 4.10. The molecule has 3 fully saturated rings. The first-order valence-electron chi connectivity index (χ1n) is 12.1. The summed E-state index contributed by atoms with van der Waals surface area (Å²) < 4.78 is 12.7. The van der Waals surface area contributed by atoms with Gasteiger partial charge in [0.05, 0.1) is 11.2 Å². The first-order chi connectivity index (χ1) is 14.1. The lowest BCUT2D eigenvalue weighted by atomic mass is 9.77. The Kier molecular flexibility index (Phi) is 4.85. The molecule has 0 bridgehead atoms. The second-order valence-electron chi connectivity index (χ2n) is 11.8. The Hall–Kier alpha value is -1.04. The first kappa shape index (κ1) is 20.8. The summed E-state index contributed by atoms with van der Waals surface area (Å²) in [6.07, 6.45) is 6.82. The molecule has 0 radical (unpaired) electrons. The van der Waals surface area contributed by atoms with Crippen LogP contribution in [0.2, 0.25) is 0 Å². The number of piperidine rings is 1. The van der Waals surface area contributed by atoms with E-state index in [-0.39, 0.29) is 23.7 Å². The second-order valence-corrected chi connectivity index (χ2v) is 11.8. The number of benzene rings is 1. The molecule has 5 heteroatoms. The molecule has 1 aromatic carbocycles. The maximum atomic E-state index is 6.35. The van der Waals surface area contributed by atoms with Crippen molar-refractivity contribution in [3.8, 4) is 0 Å². The molecule has 30 heavy (non-hydrogen) atoms. The molecule has 1 saturated carbocycles. The highest BCUT2D eigenvalue weighted by molar-refractivity contribution is 6.62. The normalized spacial score (nSPS) is 32.2. The van der Waals surface area contributed by atoms with Crippen LogP contribution in [0, 0.1) is 0 Å². The molecule has 0 aromatic heterocycles. The van der Waals surface area contributed by atoms with E-state index < -0.39 is 0 Å². The summed E-state index contributed by atoms with van der Waals surface area (Å²) in [5.74, 6) is 0. The molecule has 3 heterocycles. The minimum atomic E-state index is -0.300. The van der Waals surface area contributed by atoms with Crippen molar-refractivity contribution in [2.24, 2.45) is 0 Å². The van der Waals surface area contributed by atoms with E-state index in [1.807, 2.05) is 0 Å². The van der Waals surface area contributed by atoms with Crippen molar-refractivity contribution < 1.29 is 9.31 Å². The fraction of sp³-hybridized carbons (Fsp3) is 0.760. The third kappa shape index (κ3) is 3.32. The number of hydrogen-bond donors (Lipinski definition) is 0. The third-order valence-electron chi connectivity index (χ3n) is 8.59. The van der Waals surface area contributed by atoms with Crippen molar-refractivity contribution in [2.45, 2.75) is 102 Å². The summed E-state index contributed by atoms with van der Waals surface area (Å²) in [7, 11) is -0.284. The van der Waals surface area contributed by atoms with E-state index in [1.54, 1.807) is 0 Å². The molecule has 0 amide bonds. The molecule has 0 N–H and O–H groups in total. The highest BCUT2D eigenvalue weighted by atomic mass is 16.7. The number of hydrogen-bond acceptors (Lipinski definition) is 4. The van der Waals surface area contributed by atoms with Crippen LogP contribution < -0.4 is 10.4 Å². The number of rotatable bonds is 3. The first-order valence-corrected chi connectivity index (χ1v) is 12.1. The fourth-order valence-corrected chi connectivity index (χ4v) is 5.80. The van der Waals surface area contributed by atoms with Crippen molar-refractivity contribution in [3.05, 3.63) is 23.8 Å². The van der Waals surface area contributed by atoms with Gasteiger partial charge in [0.15, 0.2) is 0 Å². The maximum Gasteiger partial charge on any atom is 0.494 e. The summed E-state index contributed by atoms with van der Waals surface area (Å²) in [6.45, 7) is 17.0. The number of fused-ring (bicyclic) bond motifs is 1. The van der Waals surface area contributed by atoms with Crippen molar-refractivity contribution in [1.29, 1.82) is 0 Å². The van der Waals surface area contributed by atoms with Gasteiger partial charge in [0.1, 0.15) is 0 Å². The molecule has 1 aliphatic carbocycles. The van der Waals surface area contributed by atoms with E-state index in [4.69, 9.17) is 9.31 Å². The van der Waals surface area contributed by atoms with E-state index in [9.17, 15) is 0 Å². The minimum Gasteiger partial charge on any atom is -0.399 e. The maximum absolute atomic E-state index is 6.35. The average molecular weight is 410 g/mol. The van der Waals surface area contributed by atoms with Gasteiger partial charge < -0.3 is 19.1 Å². The monoisotopic (exact) mass is 410 g/mol. The van der Waals surface area contributed by atoms with Gasteiger partial charge >= 0.3 is 7.12 Å². The molecule has 0 atom stereocenters. The van der Waals surface area contributed by atoms with E-state index in [0.717, 1.165) is 18.0 Å². The molecule has 164 valence electrons. The molecular weight excluding hydrogens is 371 g/mol. The lowest BCUT2D eigenvalue weighted by Crippen LogP contribution is -2.55. The molecular formula is C25H39BN2O2. The van der Waals surface area contributed by atoms with Crippen molar-refractivity contribution in [1.82, 2.24) is 4.90 Å². The standard InChI is InChI=1S/C25H39BN2O2/c1-23(2)17-28(20-15-19(16-20)27-12-8-7-9-13-27)22-14-18(10-11-21(22)23)26-29-24(3,4)25(5,6)30-26/h10-11,14,19-20H,7-9,12-13,15-17H2,1-6H3. The number of nitrogens with zero attached hydrogens (tertiary/aromatic N) is 2. The van der Waals surface area contributed by atoms with E-state index in [0.29, 0.717) is 6.04 Å². The third-order valence-corrected chi connectivity index (χ3v) is 8.59. The summed E-state index contributed by atoms with van der Waals surface area (Å²) in [5.41, 5.74) is 3.64. The number of anilines is 1. The zero-order valence-corrected chi connectivity index (χ0v) is 19.8. The van der Waals surface area contributed by atoms with Crippen LogP contribution in [0.4, 0.5) is 5.69 Å². The van der Waals surface area contributed by atoms with Gasteiger partial charge in [0, 0.05) is 29.7 Å². The van der Waals surface area contributed by atoms with Crippen LogP contribution in [0.5, 0.6) is 0 Å². The Morgan fingerprint density at radius 2 is 1.50 bits per heavy atom. The Bertz CT molecular complexity index is 793. The van der Waals surface area contributed by atoms with Crippen LogP contribution in [0.25, 0.3) is 0 Å². The zero-order chi connectivity index (χ0) is 21.3. The molecule has 5 rings (SSSR count). The average Bonchev–Trinajstić information content (AvgIpc) is 3.03. The van der Waals surface area contributed by atoms with Gasteiger partial charge in [0.25, 0.3) is 0 Å². The Balaban J connectivity index is 1.36. The van der Waals surface area contributed by atoms with Gasteiger partial charge in [-0.25, -0.2) is 0 Å². The zero-order valence-electron chi connectivity index (χ0n) is 19.8. The van der Waals surface area contributed by atoms with Crippen molar-refractivity contribution >= 4 is 18.3 Å². The van der Waals surface area contributed by atoms with Crippen molar-refractivity contribution in [2.75, 3.05) is 24.5 Å². The van der Waals surface area contributed by atoms with Gasteiger partial charge in [-0.3, -0.25) is 0 Å². The minimum absolute atomic E-state index is 0.194. The Morgan fingerprint density at radius 3 is 2.13 bits per heavy atom. The molecule has 3 aliphatic heterocycles. The molecule has 2 saturated heterocycles. The van der Waals surface area contributed by atoms with Crippen LogP contribution in [-0.2, 0) is 14.7 Å². The molecule has 1 aromatic rings. The van der Waals surface area contributed by atoms with E-state index in [1.165, 1.54) is 56.4 Å². The topological polar surface area (TPSA) is 24.9 Å². The summed E-state index contributed by atoms with van der Waals surface area (Å²) in [6, 6.07) is 8.39. The van der Waals surface area contributed by atoms with Crippen molar-refractivity contribution in [3.63, 3.8) is 0 Å². The second kappa shape index (κ2) is 6.98. The lowest BCUT2D eigenvalue weighted by molar-refractivity contribution is 0.00578.